The molecule has 0 bridgehead atoms. The Bertz CT molecular complexity index is 629. The van der Waals surface area contributed by atoms with Crippen LogP contribution < -0.4 is 4.74 Å². The third-order valence-electron chi connectivity index (χ3n) is 3.14. The van der Waals surface area contributed by atoms with Gasteiger partial charge in [-0.05, 0) is 11.8 Å². The maximum absolute atomic E-state index is 13.0. The number of hydrogen-bond acceptors (Lipinski definition) is 2. The molecule has 0 atom stereocenters. The Hall–Kier alpha value is -1.78. The zero-order chi connectivity index (χ0) is 15.7. The Kier molecular flexibility index (Phi) is 4.12. The Labute approximate surface area is 121 Å². The predicted octanol–water partition coefficient (Wildman–Crippen LogP) is 5.07. The summed E-state index contributed by atoms with van der Waals surface area (Å²) in [5.74, 6) is 0.392. The summed E-state index contributed by atoms with van der Waals surface area (Å²) in [5.41, 5.74) is -0.768. The molecule has 0 unspecified atom stereocenters. The van der Waals surface area contributed by atoms with Gasteiger partial charge in [-0.15, -0.1) is 0 Å². The van der Waals surface area contributed by atoms with Gasteiger partial charge in [-0.25, -0.2) is 4.98 Å². The third kappa shape index (κ3) is 3.86. The largest absolute Gasteiger partial charge is 0.491 e. The van der Waals surface area contributed by atoms with E-state index in [0.717, 1.165) is 12.6 Å². The summed E-state index contributed by atoms with van der Waals surface area (Å²) in [5, 5.41) is 0.506. The first-order valence-corrected chi connectivity index (χ1v) is 6.76. The Morgan fingerprint density at radius 1 is 1.05 bits per heavy atom. The van der Waals surface area contributed by atoms with Crippen LogP contribution >= 0.6 is 0 Å². The number of hydrogen-bond donors (Lipinski definition) is 0. The van der Waals surface area contributed by atoms with Crippen LogP contribution in [0.4, 0.5) is 13.2 Å². The van der Waals surface area contributed by atoms with Crippen LogP contribution in [0.3, 0.4) is 0 Å². The maximum atomic E-state index is 13.0. The van der Waals surface area contributed by atoms with Crippen molar-refractivity contribution in [2.45, 2.75) is 33.4 Å². The van der Waals surface area contributed by atoms with Crippen LogP contribution in [-0.2, 0) is 6.18 Å². The Morgan fingerprint density at radius 2 is 1.67 bits per heavy atom. The summed E-state index contributed by atoms with van der Waals surface area (Å²) in [4.78, 5) is 3.54. The molecule has 0 N–H and O–H groups in total. The van der Waals surface area contributed by atoms with Gasteiger partial charge < -0.3 is 4.74 Å². The lowest BCUT2D eigenvalue weighted by molar-refractivity contribution is -0.139. The van der Waals surface area contributed by atoms with E-state index in [0.29, 0.717) is 17.7 Å². The molecule has 0 spiro atoms. The number of halogens is 3. The first kappa shape index (κ1) is 15.6. The summed E-state index contributed by atoms with van der Waals surface area (Å²) in [6.45, 7) is 6.69. The number of rotatable bonds is 3. The molecule has 0 aliphatic heterocycles. The van der Waals surface area contributed by atoms with E-state index >= 15 is 0 Å². The minimum Gasteiger partial charge on any atom is -0.491 e. The normalized spacial score (nSPS) is 12.7. The van der Waals surface area contributed by atoms with Crippen molar-refractivity contribution in [1.29, 1.82) is 0 Å². The van der Waals surface area contributed by atoms with Gasteiger partial charge in [0.25, 0.3) is 0 Å². The molecule has 0 saturated carbocycles. The van der Waals surface area contributed by atoms with Gasteiger partial charge in [-0.2, -0.15) is 13.2 Å². The standard InChI is InChI=1S/C16H18F3NO/c1-15(2,3)8-9-21-13-10-20-14(16(17,18)19)12-7-5-4-6-11(12)13/h4-7,10H,8-9H2,1-3H3. The molecule has 0 saturated heterocycles. The summed E-state index contributed by atoms with van der Waals surface area (Å²) >= 11 is 0. The highest BCUT2D eigenvalue weighted by molar-refractivity contribution is 5.90. The van der Waals surface area contributed by atoms with Crippen LogP contribution in [0.1, 0.15) is 32.9 Å². The maximum Gasteiger partial charge on any atom is 0.433 e. The molecule has 2 rings (SSSR count). The number of ether oxygens (including phenoxy) is 1. The fourth-order valence-corrected chi connectivity index (χ4v) is 1.97. The second-order valence-corrected chi connectivity index (χ2v) is 6.17. The van der Waals surface area contributed by atoms with Gasteiger partial charge in [-0.3, -0.25) is 0 Å². The lowest BCUT2D eigenvalue weighted by Crippen LogP contribution is -2.12. The first-order chi connectivity index (χ1) is 9.68. The molecular formula is C16H18F3NO. The van der Waals surface area contributed by atoms with Crippen LogP contribution in [0.15, 0.2) is 30.5 Å². The van der Waals surface area contributed by atoms with Crippen molar-refractivity contribution < 1.29 is 17.9 Å². The predicted molar refractivity (Wildman–Crippen MR) is 76.3 cm³/mol. The quantitative estimate of drug-likeness (QED) is 0.789. The highest BCUT2D eigenvalue weighted by Crippen LogP contribution is 2.36. The van der Waals surface area contributed by atoms with Crippen LogP contribution in [0, 0.1) is 5.41 Å². The van der Waals surface area contributed by atoms with Gasteiger partial charge >= 0.3 is 6.18 Å². The Balaban J connectivity index is 2.35. The van der Waals surface area contributed by atoms with E-state index in [1.165, 1.54) is 6.07 Å². The average Bonchev–Trinajstić information content (AvgIpc) is 2.36. The zero-order valence-corrected chi connectivity index (χ0v) is 12.3. The molecule has 0 aliphatic carbocycles. The molecule has 2 nitrogen and oxygen atoms in total. The van der Waals surface area contributed by atoms with Crippen molar-refractivity contribution in [3.05, 3.63) is 36.2 Å². The molecule has 0 fully saturated rings. The third-order valence-corrected chi connectivity index (χ3v) is 3.14. The number of aromatic nitrogens is 1. The highest BCUT2D eigenvalue weighted by Gasteiger charge is 2.34. The van der Waals surface area contributed by atoms with E-state index in [1.807, 2.05) is 0 Å². The smallest absolute Gasteiger partial charge is 0.433 e. The molecule has 5 heteroatoms. The summed E-state index contributed by atoms with van der Waals surface area (Å²) in [6, 6.07) is 6.30. The molecule has 0 aliphatic rings. The summed E-state index contributed by atoms with van der Waals surface area (Å²) in [7, 11) is 0. The number of fused-ring (bicyclic) bond motifs is 1. The van der Waals surface area contributed by atoms with Gasteiger partial charge in [0, 0.05) is 10.8 Å². The molecule has 1 aromatic heterocycles. The van der Waals surface area contributed by atoms with Crippen molar-refractivity contribution in [3.63, 3.8) is 0 Å². The van der Waals surface area contributed by atoms with Crippen molar-refractivity contribution >= 4 is 10.8 Å². The number of nitrogens with zero attached hydrogens (tertiary/aromatic N) is 1. The van der Waals surface area contributed by atoms with Crippen molar-refractivity contribution in [1.82, 2.24) is 4.98 Å². The fraction of sp³-hybridized carbons (Fsp3) is 0.438. The van der Waals surface area contributed by atoms with Gasteiger partial charge in [0.2, 0.25) is 0 Å². The van der Waals surface area contributed by atoms with E-state index in [9.17, 15) is 13.2 Å². The monoisotopic (exact) mass is 297 g/mol. The summed E-state index contributed by atoms with van der Waals surface area (Å²) < 4.78 is 44.5. The Morgan fingerprint density at radius 3 is 2.24 bits per heavy atom. The minimum absolute atomic E-state index is 0.0678. The second kappa shape index (κ2) is 5.54. The molecule has 114 valence electrons. The van der Waals surface area contributed by atoms with Crippen LogP contribution in [0.2, 0.25) is 0 Å². The van der Waals surface area contributed by atoms with Gasteiger partial charge in [0.1, 0.15) is 5.75 Å². The van der Waals surface area contributed by atoms with E-state index in [2.05, 4.69) is 25.8 Å². The van der Waals surface area contributed by atoms with Gasteiger partial charge in [-0.1, -0.05) is 45.0 Å². The number of pyridine rings is 1. The number of benzene rings is 1. The van der Waals surface area contributed by atoms with E-state index in [-0.39, 0.29) is 10.8 Å². The molecule has 1 aromatic carbocycles. The van der Waals surface area contributed by atoms with Crippen molar-refractivity contribution in [2.75, 3.05) is 6.61 Å². The fourth-order valence-electron chi connectivity index (χ4n) is 1.97. The van der Waals surface area contributed by atoms with Crippen LogP contribution in [0.5, 0.6) is 5.75 Å². The highest BCUT2D eigenvalue weighted by atomic mass is 19.4. The van der Waals surface area contributed by atoms with Crippen molar-refractivity contribution in [3.8, 4) is 5.75 Å². The van der Waals surface area contributed by atoms with Gasteiger partial charge in [0.05, 0.1) is 12.8 Å². The van der Waals surface area contributed by atoms with Crippen molar-refractivity contribution in [2.24, 2.45) is 5.41 Å². The molecular weight excluding hydrogens is 279 g/mol. The lowest BCUT2D eigenvalue weighted by atomic mass is 9.93. The van der Waals surface area contributed by atoms with E-state index < -0.39 is 11.9 Å². The zero-order valence-electron chi connectivity index (χ0n) is 12.3. The minimum atomic E-state index is -4.47. The van der Waals surface area contributed by atoms with E-state index in [4.69, 9.17) is 4.74 Å². The number of alkyl halides is 3. The summed E-state index contributed by atoms with van der Waals surface area (Å²) in [6.07, 6.45) is -2.50. The van der Waals surface area contributed by atoms with Gasteiger partial charge in [0.15, 0.2) is 5.69 Å². The topological polar surface area (TPSA) is 22.1 Å². The van der Waals surface area contributed by atoms with Crippen LogP contribution in [-0.4, -0.2) is 11.6 Å². The molecule has 0 radical (unpaired) electrons. The molecule has 1 heterocycles. The lowest BCUT2D eigenvalue weighted by Gasteiger charge is -2.19. The first-order valence-electron chi connectivity index (χ1n) is 6.76. The SMILES string of the molecule is CC(C)(C)CCOc1cnc(C(F)(F)F)c2ccccc12. The molecule has 0 amide bonds. The average molecular weight is 297 g/mol. The van der Waals surface area contributed by atoms with E-state index in [1.54, 1.807) is 18.2 Å². The van der Waals surface area contributed by atoms with Crippen LogP contribution in [0.25, 0.3) is 10.8 Å². The molecule has 2 aromatic rings. The second-order valence-electron chi connectivity index (χ2n) is 6.17. The molecule has 21 heavy (non-hydrogen) atoms.